The molecule has 0 heterocycles. The number of aromatic hydroxyl groups is 2. The lowest BCUT2D eigenvalue weighted by Crippen LogP contribution is -2.47. The van der Waals surface area contributed by atoms with Crippen molar-refractivity contribution in [3.63, 3.8) is 0 Å². The molecule has 0 spiro atoms. The Kier molecular flexibility index (Phi) is 6.28. The Balaban J connectivity index is 3.52. The van der Waals surface area contributed by atoms with Crippen LogP contribution in [0.5, 0.6) is 11.5 Å². The van der Waals surface area contributed by atoms with E-state index in [0.29, 0.717) is 0 Å². The summed E-state index contributed by atoms with van der Waals surface area (Å²) in [5.41, 5.74) is -3.85. The highest BCUT2D eigenvalue weighted by Crippen LogP contribution is 2.34. The number of carboxylic acids is 3. The number of amides is 1. The molecule has 0 fully saturated rings. The molecule has 0 bridgehead atoms. The Morgan fingerprint density at radius 1 is 0.963 bits per heavy atom. The number of carbonyl (C=O) groups is 5. The second-order valence-corrected chi connectivity index (χ2v) is 5.13. The zero-order valence-electron chi connectivity index (χ0n) is 13.2. The van der Waals surface area contributed by atoms with Crippen LogP contribution in [0.15, 0.2) is 12.1 Å². The molecule has 13 heteroatoms. The van der Waals surface area contributed by atoms with Crippen molar-refractivity contribution in [3.8, 4) is 11.5 Å². The second kappa shape index (κ2) is 8.01. The summed E-state index contributed by atoms with van der Waals surface area (Å²) in [5.74, 6) is -11.1. The predicted molar refractivity (Wildman–Crippen MR) is 79.3 cm³/mol. The molecule has 146 valence electrons. The lowest BCUT2D eigenvalue weighted by Gasteiger charge is -2.26. The zero-order valence-corrected chi connectivity index (χ0v) is 13.2. The van der Waals surface area contributed by atoms with E-state index in [1.807, 2.05) is 0 Å². The first-order chi connectivity index (χ1) is 12.4. The number of carbonyl (C=O) groups excluding carboxylic acids is 2. The number of nitrogens with one attached hydrogen (secondary N) is 1. The van der Waals surface area contributed by atoms with E-state index in [1.54, 1.807) is 0 Å². The molecule has 0 aliphatic heterocycles. The Labute approximate surface area is 149 Å². The molecule has 0 saturated carbocycles. The molecule has 13 nitrogen and oxygen atoms in total. The van der Waals surface area contributed by atoms with Crippen molar-refractivity contribution in [1.29, 1.82) is 0 Å². The number of hydroxylamine groups is 1. The third-order valence-electron chi connectivity index (χ3n) is 3.26. The van der Waals surface area contributed by atoms with Crippen LogP contribution in [0.1, 0.15) is 33.6 Å². The number of phenols is 2. The van der Waals surface area contributed by atoms with E-state index in [0.717, 1.165) is 17.6 Å². The topological polar surface area (TPSA) is 228 Å². The third-order valence-corrected chi connectivity index (χ3v) is 3.26. The van der Waals surface area contributed by atoms with Gasteiger partial charge in [-0.1, -0.05) is 0 Å². The van der Waals surface area contributed by atoms with Crippen molar-refractivity contribution >= 4 is 29.8 Å². The highest BCUT2D eigenvalue weighted by Gasteiger charge is 2.48. The zero-order chi connectivity index (χ0) is 20.9. The number of ether oxygens (including phenoxy) is 1. The molecule has 27 heavy (non-hydrogen) atoms. The standard InChI is InChI=1S/C14H13NO12/c16-6-2-1-5(11(22)15-26)9(10(6)21)12(23)27-14(13(24)25,3-7(17)18)4-8(19)20/h1-2,16,21,26H,3-4H2,(H,15,22)(H,17,18)(H,19,20)(H,24,25). The van der Waals surface area contributed by atoms with Gasteiger partial charge in [-0.2, -0.15) is 0 Å². The molecule has 1 rings (SSSR count). The molecule has 0 unspecified atom stereocenters. The first-order valence-corrected chi connectivity index (χ1v) is 6.85. The number of carboxylic acid groups (broad SMARTS) is 3. The minimum atomic E-state index is -3.08. The maximum absolute atomic E-state index is 12.3. The van der Waals surface area contributed by atoms with Gasteiger partial charge < -0.3 is 30.3 Å². The maximum atomic E-state index is 12.3. The molecule has 7 N–H and O–H groups in total. The second-order valence-electron chi connectivity index (χ2n) is 5.13. The van der Waals surface area contributed by atoms with Crippen molar-refractivity contribution in [2.75, 3.05) is 0 Å². The van der Waals surface area contributed by atoms with E-state index in [1.165, 1.54) is 0 Å². The molecule has 0 aliphatic rings. The maximum Gasteiger partial charge on any atom is 0.349 e. The SMILES string of the molecule is O=C(O)CC(CC(=O)O)(OC(=O)c1c(C(=O)NO)ccc(O)c1O)C(=O)O. The first-order valence-electron chi connectivity index (χ1n) is 6.85. The van der Waals surface area contributed by atoms with Gasteiger partial charge in [0.1, 0.15) is 5.56 Å². The minimum absolute atomic E-state index is 0.758. The molecule has 0 aliphatic carbocycles. The van der Waals surface area contributed by atoms with Crippen molar-refractivity contribution in [1.82, 2.24) is 5.48 Å². The van der Waals surface area contributed by atoms with Crippen molar-refractivity contribution in [2.24, 2.45) is 0 Å². The van der Waals surface area contributed by atoms with Crippen LogP contribution >= 0.6 is 0 Å². The van der Waals surface area contributed by atoms with Gasteiger partial charge in [0.05, 0.1) is 18.4 Å². The number of rotatable bonds is 8. The van der Waals surface area contributed by atoms with Gasteiger partial charge in [0.2, 0.25) is 5.60 Å². The van der Waals surface area contributed by atoms with Gasteiger partial charge >= 0.3 is 23.9 Å². The van der Waals surface area contributed by atoms with Crippen LogP contribution in [0.2, 0.25) is 0 Å². The summed E-state index contributed by atoms with van der Waals surface area (Å²) < 4.78 is 4.55. The van der Waals surface area contributed by atoms with Crippen molar-refractivity contribution in [3.05, 3.63) is 23.3 Å². The van der Waals surface area contributed by atoms with E-state index in [9.17, 15) is 39.3 Å². The van der Waals surface area contributed by atoms with Gasteiger partial charge in [-0.3, -0.25) is 19.6 Å². The van der Waals surface area contributed by atoms with Crippen molar-refractivity contribution < 1.29 is 59.4 Å². The fourth-order valence-corrected chi connectivity index (χ4v) is 2.08. The normalized spacial score (nSPS) is 10.7. The van der Waals surface area contributed by atoms with E-state index < -0.39 is 70.9 Å². The summed E-state index contributed by atoms with van der Waals surface area (Å²) in [6.07, 6.45) is -2.91. The van der Waals surface area contributed by atoms with Crippen LogP contribution in [0.25, 0.3) is 0 Å². The average molecular weight is 387 g/mol. The van der Waals surface area contributed by atoms with Gasteiger partial charge in [-0.05, 0) is 12.1 Å². The Morgan fingerprint density at radius 3 is 1.89 bits per heavy atom. The highest BCUT2D eigenvalue weighted by molar-refractivity contribution is 6.08. The first kappa shape index (κ1) is 21.2. The summed E-state index contributed by atoms with van der Waals surface area (Å²) in [7, 11) is 0. The number of phenolic OH excluding ortho intramolecular Hbond substituents is 2. The third kappa shape index (κ3) is 4.60. The summed E-state index contributed by atoms with van der Waals surface area (Å²) in [4.78, 5) is 57.2. The predicted octanol–water partition coefficient (Wildman–Crippen LogP) is -0.854. The number of aliphatic carboxylic acids is 3. The number of esters is 1. The quantitative estimate of drug-likeness (QED) is 0.125. The summed E-state index contributed by atoms with van der Waals surface area (Å²) in [6.45, 7) is 0. The molecule has 0 saturated heterocycles. The Morgan fingerprint density at radius 2 is 1.48 bits per heavy atom. The van der Waals surface area contributed by atoms with Crippen LogP contribution in [-0.4, -0.2) is 66.1 Å². The molecule has 0 radical (unpaired) electrons. The molecule has 1 amide bonds. The summed E-state index contributed by atoms with van der Waals surface area (Å²) in [6, 6.07) is 1.52. The molecule has 0 atom stereocenters. The number of benzene rings is 1. The average Bonchev–Trinajstić information content (AvgIpc) is 2.54. The summed E-state index contributed by atoms with van der Waals surface area (Å²) in [5, 5.41) is 54.8. The minimum Gasteiger partial charge on any atom is -0.504 e. The fraction of sp³-hybridized carbons (Fsp3) is 0.214. The van der Waals surface area contributed by atoms with Gasteiger partial charge in [-0.15, -0.1) is 0 Å². The highest BCUT2D eigenvalue weighted by atomic mass is 16.6. The lowest BCUT2D eigenvalue weighted by molar-refractivity contribution is -0.171. The number of hydrogen-bond donors (Lipinski definition) is 7. The monoisotopic (exact) mass is 387 g/mol. The molecular formula is C14H13NO12. The van der Waals surface area contributed by atoms with Crippen LogP contribution in [0, 0.1) is 0 Å². The largest absolute Gasteiger partial charge is 0.504 e. The van der Waals surface area contributed by atoms with E-state index in [2.05, 4.69) is 4.74 Å². The van der Waals surface area contributed by atoms with Crippen molar-refractivity contribution in [2.45, 2.75) is 18.4 Å². The molecule has 0 aromatic heterocycles. The molecular weight excluding hydrogens is 374 g/mol. The van der Waals surface area contributed by atoms with Gasteiger partial charge in [0.25, 0.3) is 5.91 Å². The lowest BCUT2D eigenvalue weighted by atomic mass is 9.94. The van der Waals surface area contributed by atoms with Gasteiger partial charge in [0, 0.05) is 0 Å². The van der Waals surface area contributed by atoms with Gasteiger partial charge in [0.15, 0.2) is 11.5 Å². The Bertz CT molecular complexity index is 799. The smallest absolute Gasteiger partial charge is 0.349 e. The van der Waals surface area contributed by atoms with E-state index in [-0.39, 0.29) is 0 Å². The van der Waals surface area contributed by atoms with E-state index >= 15 is 0 Å². The van der Waals surface area contributed by atoms with Crippen LogP contribution < -0.4 is 5.48 Å². The summed E-state index contributed by atoms with van der Waals surface area (Å²) >= 11 is 0. The van der Waals surface area contributed by atoms with E-state index in [4.69, 9.17) is 15.4 Å². The van der Waals surface area contributed by atoms with Crippen LogP contribution in [-0.2, 0) is 19.1 Å². The molecule has 1 aromatic rings. The number of hydrogen-bond acceptors (Lipinski definition) is 9. The van der Waals surface area contributed by atoms with Crippen LogP contribution in [0.4, 0.5) is 0 Å². The van der Waals surface area contributed by atoms with Gasteiger partial charge in [-0.25, -0.2) is 15.1 Å². The molecule has 1 aromatic carbocycles. The van der Waals surface area contributed by atoms with Crippen LogP contribution in [0.3, 0.4) is 0 Å². The fourth-order valence-electron chi connectivity index (χ4n) is 2.08. The Hall–Kier alpha value is -3.87.